The van der Waals surface area contributed by atoms with Gasteiger partial charge in [-0.1, -0.05) is 27.4 Å². The molecule has 0 aromatic carbocycles. The molecular formula is C12H20O3. The maximum atomic E-state index is 10.8. The van der Waals surface area contributed by atoms with Crippen molar-refractivity contribution in [1.29, 1.82) is 0 Å². The van der Waals surface area contributed by atoms with Crippen molar-refractivity contribution in [2.45, 2.75) is 46.1 Å². The first-order valence-electron chi connectivity index (χ1n) is 5.42. The Bertz CT molecular complexity index is 245. The SMILES string of the molecule is C=CC(=O)OOC1CC(C)CC(C)(C)C1. The van der Waals surface area contributed by atoms with Gasteiger partial charge in [-0.15, -0.1) is 0 Å². The average molecular weight is 212 g/mol. The second-order valence-electron chi connectivity index (χ2n) is 5.24. The van der Waals surface area contributed by atoms with Gasteiger partial charge in [-0.2, -0.15) is 4.89 Å². The van der Waals surface area contributed by atoms with E-state index in [4.69, 9.17) is 4.89 Å². The van der Waals surface area contributed by atoms with Crippen molar-refractivity contribution in [2.75, 3.05) is 0 Å². The fraction of sp³-hybridized carbons (Fsp3) is 0.750. The van der Waals surface area contributed by atoms with Crippen LogP contribution in [0, 0.1) is 11.3 Å². The number of hydrogen-bond acceptors (Lipinski definition) is 3. The molecule has 0 spiro atoms. The minimum Gasteiger partial charge on any atom is -0.293 e. The zero-order valence-electron chi connectivity index (χ0n) is 9.79. The molecule has 2 unspecified atom stereocenters. The number of carbonyl (C=O) groups excluding carboxylic acids is 1. The third-order valence-corrected chi connectivity index (χ3v) is 2.78. The van der Waals surface area contributed by atoms with E-state index in [9.17, 15) is 4.79 Å². The molecule has 86 valence electrons. The van der Waals surface area contributed by atoms with E-state index in [0.29, 0.717) is 5.92 Å². The van der Waals surface area contributed by atoms with Crippen molar-refractivity contribution in [3.63, 3.8) is 0 Å². The second kappa shape index (κ2) is 4.79. The van der Waals surface area contributed by atoms with Crippen LogP contribution < -0.4 is 0 Å². The largest absolute Gasteiger partial charge is 0.365 e. The highest BCUT2D eigenvalue weighted by Crippen LogP contribution is 2.39. The Kier molecular flexibility index (Phi) is 3.91. The van der Waals surface area contributed by atoms with E-state index in [-0.39, 0.29) is 11.5 Å². The van der Waals surface area contributed by atoms with Crippen LogP contribution in [0.2, 0.25) is 0 Å². The predicted octanol–water partition coefficient (Wildman–Crippen LogP) is 2.86. The molecule has 0 aromatic rings. The van der Waals surface area contributed by atoms with Crippen LogP contribution in [0.15, 0.2) is 12.7 Å². The highest BCUT2D eigenvalue weighted by atomic mass is 17.2. The lowest BCUT2D eigenvalue weighted by Crippen LogP contribution is -2.33. The van der Waals surface area contributed by atoms with E-state index in [0.717, 1.165) is 18.9 Å². The molecule has 1 fully saturated rings. The first kappa shape index (κ1) is 12.2. The summed E-state index contributed by atoms with van der Waals surface area (Å²) in [6.45, 7) is 9.95. The molecule has 0 aliphatic heterocycles. The Morgan fingerprint density at radius 2 is 2.13 bits per heavy atom. The van der Waals surface area contributed by atoms with Gasteiger partial charge < -0.3 is 0 Å². The number of rotatable bonds is 3. The van der Waals surface area contributed by atoms with Crippen LogP contribution in [0.4, 0.5) is 0 Å². The van der Waals surface area contributed by atoms with Gasteiger partial charge >= 0.3 is 5.97 Å². The summed E-state index contributed by atoms with van der Waals surface area (Å²) in [6, 6.07) is 0. The summed E-state index contributed by atoms with van der Waals surface area (Å²) in [4.78, 5) is 20.6. The Morgan fingerprint density at radius 3 is 2.67 bits per heavy atom. The van der Waals surface area contributed by atoms with Crippen LogP contribution in [0.25, 0.3) is 0 Å². The molecule has 1 aliphatic rings. The van der Waals surface area contributed by atoms with Crippen LogP contribution >= 0.6 is 0 Å². The smallest absolute Gasteiger partial charge is 0.293 e. The van der Waals surface area contributed by atoms with E-state index in [1.165, 1.54) is 6.42 Å². The molecule has 2 atom stereocenters. The summed E-state index contributed by atoms with van der Waals surface area (Å²) in [6.07, 6.45) is 4.21. The van der Waals surface area contributed by atoms with Crippen molar-refractivity contribution in [3.05, 3.63) is 12.7 Å². The van der Waals surface area contributed by atoms with Crippen LogP contribution in [-0.4, -0.2) is 12.1 Å². The van der Waals surface area contributed by atoms with Gasteiger partial charge in [-0.3, -0.25) is 4.89 Å². The van der Waals surface area contributed by atoms with E-state index in [2.05, 4.69) is 32.2 Å². The molecule has 1 aliphatic carbocycles. The van der Waals surface area contributed by atoms with Gasteiger partial charge in [-0.25, -0.2) is 4.79 Å². The molecule has 15 heavy (non-hydrogen) atoms. The van der Waals surface area contributed by atoms with E-state index in [1.54, 1.807) is 0 Å². The lowest BCUT2D eigenvalue weighted by atomic mass is 9.71. The van der Waals surface area contributed by atoms with Crippen molar-refractivity contribution >= 4 is 5.97 Å². The van der Waals surface area contributed by atoms with Crippen molar-refractivity contribution in [2.24, 2.45) is 11.3 Å². The summed E-state index contributed by atoms with van der Waals surface area (Å²) in [5.74, 6) is 0.0900. The summed E-state index contributed by atoms with van der Waals surface area (Å²) in [5, 5.41) is 0. The van der Waals surface area contributed by atoms with Gasteiger partial charge in [0, 0.05) is 6.08 Å². The molecule has 0 saturated heterocycles. The summed E-state index contributed by atoms with van der Waals surface area (Å²) < 4.78 is 0. The molecule has 1 rings (SSSR count). The van der Waals surface area contributed by atoms with E-state index < -0.39 is 5.97 Å². The molecular weight excluding hydrogens is 192 g/mol. The highest BCUT2D eigenvalue weighted by Gasteiger charge is 2.33. The molecule has 0 bridgehead atoms. The number of carbonyl (C=O) groups is 1. The van der Waals surface area contributed by atoms with Gasteiger partial charge in [0.05, 0.1) is 0 Å². The summed E-state index contributed by atoms with van der Waals surface area (Å²) in [7, 11) is 0. The molecule has 3 nitrogen and oxygen atoms in total. The standard InChI is InChI=1S/C12H20O3/c1-5-11(13)15-14-10-6-9(2)7-12(3,4)8-10/h5,9-10H,1,6-8H2,2-4H3. The van der Waals surface area contributed by atoms with E-state index in [1.807, 2.05) is 0 Å². The molecule has 0 amide bonds. The Labute approximate surface area is 91.4 Å². The van der Waals surface area contributed by atoms with Crippen LogP contribution in [0.1, 0.15) is 40.0 Å². The second-order valence-corrected chi connectivity index (χ2v) is 5.24. The molecule has 0 radical (unpaired) electrons. The molecule has 1 saturated carbocycles. The predicted molar refractivity (Wildman–Crippen MR) is 58.0 cm³/mol. The zero-order valence-corrected chi connectivity index (χ0v) is 9.79. The Morgan fingerprint density at radius 1 is 1.47 bits per heavy atom. The quantitative estimate of drug-likeness (QED) is 0.410. The lowest BCUT2D eigenvalue weighted by molar-refractivity contribution is -0.304. The van der Waals surface area contributed by atoms with Crippen LogP contribution in [0.3, 0.4) is 0 Å². The Hall–Kier alpha value is -0.830. The van der Waals surface area contributed by atoms with Crippen LogP contribution in [-0.2, 0) is 14.6 Å². The maximum Gasteiger partial charge on any atom is 0.365 e. The zero-order chi connectivity index (χ0) is 11.5. The fourth-order valence-electron chi connectivity index (χ4n) is 2.48. The number of hydrogen-bond donors (Lipinski definition) is 0. The monoisotopic (exact) mass is 212 g/mol. The third-order valence-electron chi connectivity index (χ3n) is 2.78. The summed E-state index contributed by atoms with van der Waals surface area (Å²) >= 11 is 0. The fourth-order valence-corrected chi connectivity index (χ4v) is 2.48. The average Bonchev–Trinajstić information content (AvgIpc) is 2.11. The van der Waals surface area contributed by atoms with E-state index >= 15 is 0 Å². The first-order chi connectivity index (χ1) is 6.93. The van der Waals surface area contributed by atoms with Crippen molar-refractivity contribution in [1.82, 2.24) is 0 Å². The van der Waals surface area contributed by atoms with Crippen molar-refractivity contribution < 1.29 is 14.6 Å². The Balaban J connectivity index is 2.41. The third kappa shape index (κ3) is 4.04. The molecule has 3 heteroatoms. The molecule has 0 N–H and O–H groups in total. The maximum absolute atomic E-state index is 10.8. The highest BCUT2D eigenvalue weighted by molar-refractivity contribution is 5.80. The van der Waals surface area contributed by atoms with Gasteiger partial charge in [-0.05, 0) is 30.6 Å². The minimum atomic E-state index is -0.522. The molecule has 0 heterocycles. The van der Waals surface area contributed by atoms with Gasteiger partial charge in [0.1, 0.15) is 6.10 Å². The van der Waals surface area contributed by atoms with Crippen molar-refractivity contribution in [3.8, 4) is 0 Å². The normalized spacial score (nSPS) is 29.5. The lowest BCUT2D eigenvalue weighted by Gasteiger charge is -2.37. The molecule has 0 aromatic heterocycles. The van der Waals surface area contributed by atoms with Gasteiger partial charge in [0.2, 0.25) is 0 Å². The van der Waals surface area contributed by atoms with Gasteiger partial charge in [0.15, 0.2) is 0 Å². The topological polar surface area (TPSA) is 35.5 Å². The van der Waals surface area contributed by atoms with Crippen LogP contribution in [0.5, 0.6) is 0 Å². The minimum absolute atomic E-state index is 0.0210. The summed E-state index contributed by atoms with van der Waals surface area (Å²) in [5.41, 5.74) is 0.267. The van der Waals surface area contributed by atoms with Gasteiger partial charge in [0.25, 0.3) is 0 Å². The first-order valence-corrected chi connectivity index (χ1v) is 5.42.